The van der Waals surface area contributed by atoms with Crippen molar-refractivity contribution in [2.45, 2.75) is 0 Å². The van der Waals surface area contributed by atoms with Crippen LogP contribution in [0.25, 0.3) is 5.70 Å². The predicted molar refractivity (Wildman–Crippen MR) is 83.0 cm³/mol. The molecule has 6 heteroatoms. The second kappa shape index (κ2) is 5.27. The maximum atomic E-state index is 5.66. The summed E-state index contributed by atoms with van der Waals surface area (Å²) < 4.78 is 0. The van der Waals surface area contributed by atoms with Crippen molar-refractivity contribution in [3.63, 3.8) is 0 Å². The average molecular weight is 293 g/mol. The fourth-order valence-corrected chi connectivity index (χ4v) is 3.10. The van der Waals surface area contributed by atoms with E-state index in [1.807, 2.05) is 18.2 Å². The SMILES string of the molecule is NC(CCl)=Nc1cccc(C2=CSC3=NCCN23)c1. The van der Waals surface area contributed by atoms with E-state index in [2.05, 4.69) is 26.4 Å². The maximum absolute atomic E-state index is 5.66. The van der Waals surface area contributed by atoms with Crippen molar-refractivity contribution in [1.82, 2.24) is 4.90 Å². The van der Waals surface area contributed by atoms with E-state index in [1.54, 1.807) is 11.8 Å². The molecule has 0 bridgehead atoms. The summed E-state index contributed by atoms with van der Waals surface area (Å²) in [5, 5.41) is 3.22. The molecule has 0 aromatic heterocycles. The fourth-order valence-electron chi connectivity index (χ4n) is 2.08. The van der Waals surface area contributed by atoms with Crippen molar-refractivity contribution >= 4 is 45.8 Å². The Morgan fingerprint density at radius 1 is 1.53 bits per heavy atom. The highest BCUT2D eigenvalue weighted by Gasteiger charge is 2.26. The van der Waals surface area contributed by atoms with Crippen molar-refractivity contribution < 1.29 is 0 Å². The number of aliphatic imine (C=N–C) groups is 2. The molecule has 0 amide bonds. The molecule has 0 aliphatic carbocycles. The van der Waals surface area contributed by atoms with Crippen LogP contribution in [-0.2, 0) is 0 Å². The number of amidine groups is 2. The topological polar surface area (TPSA) is 54.0 Å². The zero-order chi connectivity index (χ0) is 13.2. The van der Waals surface area contributed by atoms with Crippen LogP contribution in [0.15, 0.2) is 39.7 Å². The fraction of sp³-hybridized carbons (Fsp3) is 0.231. The molecule has 0 atom stereocenters. The van der Waals surface area contributed by atoms with Gasteiger partial charge < -0.3 is 10.6 Å². The summed E-state index contributed by atoms with van der Waals surface area (Å²) in [7, 11) is 0. The maximum Gasteiger partial charge on any atom is 0.168 e. The lowest BCUT2D eigenvalue weighted by atomic mass is 10.1. The highest BCUT2D eigenvalue weighted by atomic mass is 35.5. The number of fused-ring (bicyclic) bond motifs is 1. The number of rotatable bonds is 3. The first-order valence-corrected chi connectivity index (χ1v) is 7.37. The van der Waals surface area contributed by atoms with Crippen LogP contribution in [0.5, 0.6) is 0 Å². The van der Waals surface area contributed by atoms with Gasteiger partial charge in [0.15, 0.2) is 5.17 Å². The van der Waals surface area contributed by atoms with Crippen LogP contribution >= 0.6 is 23.4 Å². The Bertz CT molecular complexity index is 594. The summed E-state index contributed by atoms with van der Waals surface area (Å²) in [5.41, 5.74) is 8.80. The van der Waals surface area contributed by atoms with E-state index in [0.29, 0.717) is 5.84 Å². The Morgan fingerprint density at radius 3 is 3.26 bits per heavy atom. The minimum atomic E-state index is 0.242. The average Bonchev–Trinajstić information content (AvgIpc) is 3.01. The molecule has 0 saturated carbocycles. The van der Waals surface area contributed by atoms with Gasteiger partial charge in [0.2, 0.25) is 0 Å². The van der Waals surface area contributed by atoms with Crippen molar-refractivity contribution in [1.29, 1.82) is 0 Å². The van der Waals surface area contributed by atoms with Gasteiger partial charge in [-0.15, -0.1) is 11.6 Å². The van der Waals surface area contributed by atoms with Crippen LogP contribution in [0.4, 0.5) is 5.69 Å². The van der Waals surface area contributed by atoms with E-state index in [1.165, 1.54) is 5.70 Å². The second-order valence-corrected chi connectivity index (χ2v) is 5.33. The smallest absolute Gasteiger partial charge is 0.168 e. The summed E-state index contributed by atoms with van der Waals surface area (Å²) in [4.78, 5) is 11.0. The lowest BCUT2D eigenvalue weighted by Crippen LogP contribution is -2.19. The number of halogens is 1. The van der Waals surface area contributed by atoms with E-state index >= 15 is 0 Å². The molecular weight excluding hydrogens is 280 g/mol. The lowest BCUT2D eigenvalue weighted by molar-refractivity contribution is 0.650. The molecule has 0 spiro atoms. The Balaban J connectivity index is 1.90. The molecule has 3 rings (SSSR count). The summed E-state index contributed by atoms with van der Waals surface area (Å²) in [6.07, 6.45) is 0. The van der Waals surface area contributed by atoms with Crippen LogP contribution in [-0.4, -0.2) is 34.9 Å². The lowest BCUT2D eigenvalue weighted by Gasteiger charge is -2.16. The standard InChI is InChI=1S/C13H13ClN4S/c14-7-12(15)17-10-3-1-2-9(6-10)11-8-19-13-16-4-5-18(11)13/h1-3,6,8H,4-5,7H2,(H2,15,17). The minimum Gasteiger partial charge on any atom is -0.386 e. The van der Waals surface area contributed by atoms with Crippen LogP contribution in [0.1, 0.15) is 5.56 Å². The van der Waals surface area contributed by atoms with E-state index < -0.39 is 0 Å². The predicted octanol–water partition coefficient (Wildman–Crippen LogP) is 2.63. The van der Waals surface area contributed by atoms with E-state index in [9.17, 15) is 0 Å². The number of thioether (sulfide) groups is 1. The van der Waals surface area contributed by atoms with E-state index in [0.717, 1.165) is 29.5 Å². The summed E-state index contributed by atoms with van der Waals surface area (Å²) >= 11 is 7.32. The Morgan fingerprint density at radius 2 is 2.42 bits per heavy atom. The van der Waals surface area contributed by atoms with Gasteiger partial charge in [-0.3, -0.25) is 4.99 Å². The molecule has 19 heavy (non-hydrogen) atoms. The summed E-state index contributed by atoms with van der Waals surface area (Å²) in [6, 6.07) is 7.99. The van der Waals surface area contributed by atoms with E-state index in [4.69, 9.17) is 17.3 Å². The largest absolute Gasteiger partial charge is 0.386 e. The van der Waals surface area contributed by atoms with Crippen molar-refractivity contribution in [3.8, 4) is 0 Å². The van der Waals surface area contributed by atoms with Crippen LogP contribution < -0.4 is 5.73 Å². The number of nitrogens with zero attached hydrogens (tertiary/aromatic N) is 3. The number of nitrogens with two attached hydrogens (primary N) is 1. The van der Waals surface area contributed by atoms with Crippen LogP contribution in [0.3, 0.4) is 0 Å². The zero-order valence-corrected chi connectivity index (χ0v) is 11.8. The third kappa shape index (κ3) is 2.48. The van der Waals surface area contributed by atoms with Crippen LogP contribution in [0.2, 0.25) is 0 Å². The quantitative estimate of drug-likeness (QED) is 0.529. The van der Waals surface area contributed by atoms with Crippen molar-refractivity contribution in [2.75, 3.05) is 19.0 Å². The Kier molecular flexibility index (Phi) is 3.48. The molecule has 0 radical (unpaired) electrons. The minimum absolute atomic E-state index is 0.242. The third-order valence-electron chi connectivity index (χ3n) is 2.92. The number of alkyl halides is 1. The molecule has 2 N–H and O–H groups in total. The van der Waals surface area contributed by atoms with Gasteiger partial charge >= 0.3 is 0 Å². The van der Waals surface area contributed by atoms with Gasteiger partial charge in [-0.1, -0.05) is 23.9 Å². The molecule has 1 aromatic carbocycles. The summed E-state index contributed by atoms with van der Waals surface area (Å²) in [5.74, 6) is 0.670. The Labute approximate surface area is 121 Å². The second-order valence-electron chi connectivity index (χ2n) is 4.22. The van der Waals surface area contributed by atoms with Gasteiger partial charge in [-0.25, -0.2) is 4.99 Å². The zero-order valence-electron chi connectivity index (χ0n) is 10.2. The number of hydrogen-bond acceptors (Lipinski definition) is 4. The van der Waals surface area contributed by atoms with Crippen molar-refractivity contribution in [2.24, 2.45) is 15.7 Å². The number of hydrogen-bond donors (Lipinski definition) is 1. The van der Waals surface area contributed by atoms with E-state index in [-0.39, 0.29) is 5.88 Å². The Hall–Kier alpha value is -1.46. The van der Waals surface area contributed by atoms with Crippen molar-refractivity contribution in [3.05, 3.63) is 35.2 Å². The van der Waals surface area contributed by atoms with Gasteiger partial charge in [0.05, 0.1) is 23.8 Å². The van der Waals surface area contributed by atoms with Gasteiger partial charge in [0, 0.05) is 17.5 Å². The molecule has 0 unspecified atom stereocenters. The molecule has 98 valence electrons. The van der Waals surface area contributed by atoms with Crippen LogP contribution in [0, 0.1) is 0 Å². The van der Waals surface area contributed by atoms with Gasteiger partial charge in [0.25, 0.3) is 0 Å². The highest BCUT2D eigenvalue weighted by Crippen LogP contribution is 2.36. The monoisotopic (exact) mass is 292 g/mol. The molecule has 2 aliphatic rings. The van der Waals surface area contributed by atoms with Gasteiger partial charge in [-0.2, -0.15) is 0 Å². The normalized spacial score (nSPS) is 18.4. The first kappa shape index (κ1) is 12.6. The number of benzene rings is 1. The molecule has 2 heterocycles. The molecule has 2 aliphatic heterocycles. The molecule has 0 fully saturated rings. The molecule has 1 aromatic rings. The first-order chi connectivity index (χ1) is 9.28. The molecular formula is C13H13ClN4S. The molecule has 0 saturated heterocycles. The van der Waals surface area contributed by atoms with Gasteiger partial charge in [-0.05, 0) is 12.1 Å². The highest BCUT2D eigenvalue weighted by molar-refractivity contribution is 8.16. The summed E-state index contributed by atoms with van der Waals surface area (Å²) in [6.45, 7) is 1.82. The first-order valence-electron chi connectivity index (χ1n) is 5.96. The molecule has 4 nitrogen and oxygen atoms in total. The third-order valence-corrected chi connectivity index (χ3v) is 4.10. The van der Waals surface area contributed by atoms with Gasteiger partial charge in [0.1, 0.15) is 5.84 Å².